The van der Waals surface area contributed by atoms with Gasteiger partial charge in [0, 0.05) is 30.2 Å². The van der Waals surface area contributed by atoms with E-state index in [0.29, 0.717) is 19.8 Å². The van der Waals surface area contributed by atoms with Gasteiger partial charge in [0.25, 0.3) is 0 Å². The fourth-order valence-electron chi connectivity index (χ4n) is 4.44. The Morgan fingerprint density at radius 1 is 1.30 bits per heavy atom. The van der Waals surface area contributed by atoms with Gasteiger partial charge in [0.05, 0.1) is 19.1 Å². The van der Waals surface area contributed by atoms with Crippen LogP contribution in [0.15, 0.2) is 18.2 Å². The number of carbonyl (C=O) groups is 1. The second-order valence-corrected chi connectivity index (χ2v) is 8.01. The number of rotatable bonds is 6. The van der Waals surface area contributed by atoms with Crippen LogP contribution in [0.5, 0.6) is 11.5 Å². The maximum Gasteiger partial charge on any atom is 0.304 e. The van der Waals surface area contributed by atoms with Gasteiger partial charge in [-0.3, -0.25) is 4.79 Å². The molecule has 3 aliphatic rings. The molecule has 6 nitrogen and oxygen atoms in total. The molecule has 148 valence electrons. The minimum Gasteiger partial charge on any atom is -0.492 e. The largest absolute Gasteiger partial charge is 0.492 e. The maximum atomic E-state index is 10.8. The lowest BCUT2D eigenvalue weighted by molar-refractivity contribution is -0.137. The smallest absolute Gasteiger partial charge is 0.304 e. The van der Waals surface area contributed by atoms with Gasteiger partial charge < -0.3 is 24.2 Å². The van der Waals surface area contributed by atoms with Crippen molar-refractivity contribution in [1.29, 1.82) is 0 Å². The maximum absolute atomic E-state index is 10.8. The van der Waals surface area contributed by atoms with Crippen molar-refractivity contribution in [3.05, 3.63) is 23.8 Å². The highest BCUT2D eigenvalue weighted by molar-refractivity contribution is 5.66. The average Bonchev–Trinajstić information content (AvgIpc) is 3.04. The summed E-state index contributed by atoms with van der Waals surface area (Å²) in [6.45, 7) is 4.63. The SMILES string of the molecule is O=C(O)CCN1CCC2(CC1)COc1cc(OCC3CCCCO3)ccc12. The van der Waals surface area contributed by atoms with Crippen LogP contribution in [0, 0.1) is 0 Å². The van der Waals surface area contributed by atoms with E-state index < -0.39 is 5.97 Å². The summed E-state index contributed by atoms with van der Waals surface area (Å²) in [5, 5.41) is 8.87. The number of ether oxygens (including phenoxy) is 3. The Labute approximate surface area is 160 Å². The predicted octanol–water partition coefficient (Wildman–Crippen LogP) is 2.84. The van der Waals surface area contributed by atoms with E-state index in [9.17, 15) is 4.79 Å². The normalized spacial score (nSPS) is 24.4. The third-order valence-corrected chi connectivity index (χ3v) is 6.19. The molecule has 1 atom stereocenters. The zero-order valence-electron chi connectivity index (χ0n) is 15.8. The number of carboxylic acids is 1. The Hall–Kier alpha value is -1.79. The van der Waals surface area contributed by atoms with Gasteiger partial charge in [-0.2, -0.15) is 0 Å². The summed E-state index contributed by atoms with van der Waals surface area (Å²) in [5.41, 5.74) is 1.35. The molecule has 0 amide bonds. The van der Waals surface area contributed by atoms with Crippen LogP contribution in [-0.4, -0.2) is 61.5 Å². The van der Waals surface area contributed by atoms with Crippen molar-refractivity contribution in [3.63, 3.8) is 0 Å². The molecule has 1 aromatic carbocycles. The topological polar surface area (TPSA) is 68.2 Å². The summed E-state index contributed by atoms with van der Waals surface area (Å²) >= 11 is 0. The fourth-order valence-corrected chi connectivity index (χ4v) is 4.44. The lowest BCUT2D eigenvalue weighted by Gasteiger charge is -2.38. The molecule has 1 spiro atoms. The summed E-state index contributed by atoms with van der Waals surface area (Å²) in [7, 11) is 0. The van der Waals surface area contributed by atoms with Gasteiger partial charge in [0.1, 0.15) is 18.1 Å². The van der Waals surface area contributed by atoms with Crippen LogP contribution in [0.4, 0.5) is 0 Å². The van der Waals surface area contributed by atoms with Crippen molar-refractivity contribution in [3.8, 4) is 11.5 Å². The fraction of sp³-hybridized carbons (Fsp3) is 0.667. The second-order valence-electron chi connectivity index (χ2n) is 8.01. The minimum atomic E-state index is -0.726. The van der Waals surface area contributed by atoms with Gasteiger partial charge >= 0.3 is 5.97 Å². The van der Waals surface area contributed by atoms with Crippen LogP contribution in [0.25, 0.3) is 0 Å². The van der Waals surface area contributed by atoms with Gasteiger partial charge in [0.15, 0.2) is 0 Å². The number of aliphatic carboxylic acids is 1. The van der Waals surface area contributed by atoms with Crippen LogP contribution in [0.3, 0.4) is 0 Å². The molecule has 6 heteroatoms. The predicted molar refractivity (Wildman–Crippen MR) is 101 cm³/mol. The summed E-state index contributed by atoms with van der Waals surface area (Å²) in [6.07, 6.45) is 5.88. The van der Waals surface area contributed by atoms with E-state index in [1.165, 1.54) is 12.0 Å². The zero-order chi connectivity index (χ0) is 18.7. The van der Waals surface area contributed by atoms with E-state index in [1.54, 1.807) is 0 Å². The summed E-state index contributed by atoms with van der Waals surface area (Å²) in [6, 6.07) is 6.23. The van der Waals surface area contributed by atoms with Crippen molar-refractivity contribution in [2.45, 2.75) is 50.0 Å². The minimum absolute atomic E-state index is 0.0695. The second kappa shape index (κ2) is 8.07. The average molecular weight is 375 g/mol. The van der Waals surface area contributed by atoms with Crippen molar-refractivity contribution < 1.29 is 24.1 Å². The van der Waals surface area contributed by atoms with Crippen LogP contribution >= 0.6 is 0 Å². The summed E-state index contributed by atoms with van der Waals surface area (Å²) < 4.78 is 17.7. The summed E-state index contributed by atoms with van der Waals surface area (Å²) in [5.74, 6) is 1.06. The van der Waals surface area contributed by atoms with E-state index in [0.717, 1.165) is 56.9 Å². The zero-order valence-corrected chi connectivity index (χ0v) is 15.8. The Bertz CT molecular complexity index is 663. The highest BCUT2D eigenvalue weighted by atomic mass is 16.5. The molecule has 4 rings (SSSR count). The number of likely N-dealkylation sites (tertiary alicyclic amines) is 1. The van der Waals surface area contributed by atoms with Gasteiger partial charge in [-0.1, -0.05) is 6.07 Å². The van der Waals surface area contributed by atoms with Crippen LogP contribution in [0.2, 0.25) is 0 Å². The molecular weight excluding hydrogens is 346 g/mol. The van der Waals surface area contributed by atoms with E-state index >= 15 is 0 Å². The Kier molecular flexibility index (Phi) is 5.55. The van der Waals surface area contributed by atoms with E-state index in [-0.39, 0.29) is 17.9 Å². The monoisotopic (exact) mass is 375 g/mol. The number of piperidine rings is 1. The molecule has 0 aliphatic carbocycles. The molecule has 3 heterocycles. The molecule has 0 bridgehead atoms. The first-order valence-electron chi connectivity index (χ1n) is 10.1. The molecule has 2 saturated heterocycles. The molecule has 3 aliphatic heterocycles. The van der Waals surface area contributed by atoms with Crippen molar-refractivity contribution >= 4 is 5.97 Å². The molecule has 0 radical (unpaired) electrons. The molecule has 0 aromatic heterocycles. The van der Waals surface area contributed by atoms with Crippen molar-refractivity contribution in [1.82, 2.24) is 4.90 Å². The Morgan fingerprint density at radius 2 is 2.15 bits per heavy atom. The van der Waals surface area contributed by atoms with Crippen LogP contribution in [-0.2, 0) is 14.9 Å². The van der Waals surface area contributed by atoms with Gasteiger partial charge in [0.2, 0.25) is 0 Å². The number of nitrogens with zero attached hydrogens (tertiary/aromatic N) is 1. The molecule has 1 N–H and O–H groups in total. The standard InChI is InChI=1S/C21H29NO5/c23-20(24)6-9-22-10-7-21(8-11-22)15-27-19-13-16(4-5-18(19)21)26-14-17-3-1-2-12-25-17/h4-5,13,17H,1-3,6-12,14-15H2,(H,23,24). The quantitative estimate of drug-likeness (QED) is 0.825. The van der Waals surface area contributed by atoms with Gasteiger partial charge in [-0.15, -0.1) is 0 Å². The molecule has 27 heavy (non-hydrogen) atoms. The highest BCUT2D eigenvalue weighted by Gasteiger charge is 2.43. The van der Waals surface area contributed by atoms with E-state index in [2.05, 4.69) is 17.0 Å². The van der Waals surface area contributed by atoms with Crippen LogP contribution < -0.4 is 9.47 Å². The number of hydrogen-bond donors (Lipinski definition) is 1. The highest BCUT2D eigenvalue weighted by Crippen LogP contribution is 2.46. The number of benzene rings is 1. The first-order valence-corrected chi connectivity index (χ1v) is 10.1. The first-order chi connectivity index (χ1) is 13.1. The first kappa shape index (κ1) is 18.6. The third-order valence-electron chi connectivity index (χ3n) is 6.19. The van der Waals surface area contributed by atoms with Gasteiger partial charge in [-0.05, 0) is 51.3 Å². The van der Waals surface area contributed by atoms with Crippen molar-refractivity contribution in [2.24, 2.45) is 0 Å². The van der Waals surface area contributed by atoms with Crippen molar-refractivity contribution in [2.75, 3.05) is 39.5 Å². The molecule has 0 saturated carbocycles. The Balaban J connectivity index is 1.35. The summed E-state index contributed by atoms with van der Waals surface area (Å²) in [4.78, 5) is 13.0. The van der Waals surface area contributed by atoms with E-state index in [4.69, 9.17) is 19.3 Å². The number of hydrogen-bond acceptors (Lipinski definition) is 5. The molecule has 1 aromatic rings. The third kappa shape index (κ3) is 4.22. The molecule has 2 fully saturated rings. The van der Waals surface area contributed by atoms with E-state index in [1.807, 2.05) is 6.07 Å². The molecular formula is C21H29NO5. The van der Waals surface area contributed by atoms with Gasteiger partial charge in [-0.25, -0.2) is 0 Å². The lowest BCUT2D eigenvalue weighted by atomic mass is 9.74. The van der Waals surface area contributed by atoms with Crippen LogP contribution in [0.1, 0.15) is 44.1 Å². The number of carboxylic acid groups (broad SMARTS) is 1. The molecule has 1 unspecified atom stereocenters. The number of fused-ring (bicyclic) bond motifs is 2. The Morgan fingerprint density at radius 3 is 2.89 bits per heavy atom. The lowest BCUT2D eigenvalue weighted by Crippen LogP contribution is -2.44.